The zero-order valence-electron chi connectivity index (χ0n) is 8.15. The normalized spacial score (nSPS) is 10.5. The van der Waals surface area contributed by atoms with Gasteiger partial charge in [0.15, 0.2) is 11.5 Å². The number of anilines is 1. The summed E-state index contributed by atoms with van der Waals surface area (Å²) < 4.78 is 0.550. The van der Waals surface area contributed by atoms with Gasteiger partial charge in [-0.3, -0.25) is 0 Å². The van der Waals surface area contributed by atoms with Gasteiger partial charge in [0.1, 0.15) is 10.8 Å². The quantitative estimate of drug-likeness (QED) is 0.887. The molecule has 0 aromatic carbocycles. The van der Waals surface area contributed by atoms with Crippen molar-refractivity contribution in [1.82, 2.24) is 9.97 Å². The van der Waals surface area contributed by atoms with Crippen LogP contribution in [0.5, 0.6) is 0 Å². The van der Waals surface area contributed by atoms with Crippen LogP contribution in [0.1, 0.15) is 10.5 Å². The molecule has 0 radical (unpaired) electrons. The van der Waals surface area contributed by atoms with Gasteiger partial charge in [-0.1, -0.05) is 23.2 Å². The average molecular weight is 290 g/mol. The smallest absolute Gasteiger partial charge is 0.356 e. The molecule has 0 fully saturated rings. The summed E-state index contributed by atoms with van der Waals surface area (Å²) in [7, 11) is 0. The monoisotopic (exact) mass is 289 g/mol. The van der Waals surface area contributed by atoms with E-state index in [0.717, 1.165) is 0 Å². The fourth-order valence-electron chi connectivity index (χ4n) is 1.15. The van der Waals surface area contributed by atoms with Crippen LogP contribution in [-0.4, -0.2) is 21.0 Å². The minimum atomic E-state index is -1.26. The molecule has 0 amide bonds. The van der Waals surface area contributed by atoms with Gasteiger partial charge in [0.25, 0.3) is 0 Å². The fraction of sp³-hybridized carbons (Fsp3) is 0. The number of nitrogen functional groups attached to an aromatic ring is 1. The van der Waals surface area contributed by atoms with Crippen molar-refractivity contribution in [3.63, 3.8) is 0 Å². The van der Waals surface area contributed by atoms with Crippen LogP contribution in [0, 0.1) is 0 Å². The molecule has 2 rings (SSSR count). The first-order valence-corrected chi connectivity index (χ1v) is 5.88. The lowest BCUT2D eigenvalue weighted by Gasteiger charge is -2.03. The molecule has 2 heterocycles. The molecule has 0 aliphatic carbocycles. The van der Waals surface area contributed by atoms with Crippen LogP contribution < -0.4 is 5.73 Å². The molecule has 2 aromatic rings. The number of hydrogen-bond donors (Lipinski definition) is 2. The van der Waals surface area contributed by atoms with E-state index in [0.29, 0.717) is 9.21 Å². The molecule has 0 aliphatic rings. The number of carboxylic acids is 1. The molecule has 2 aromatic heterocycles. The van der Waals surface area contributed by atoms with E-state index in [4.69, 9.17) is 34.0 Å². The molecule has 0 unspecified atom stereocenters. The van der Waals surface area contributed by atoms with Gasteiger partial charge in [0, 0.05) is 0 Å². The lowest BCUT2D eigenvalue weighted by molar-refractivity contribution is 0.0690. The maximum absolute atomic E-state index is 10.9. The van der Waals surface area contributed by atoms with Gasteiger partial charge in [-0.05, 0) is 12.1 Å². The van der Waals surface area contributed by atoms with E-state index in [1.165, 1.54) is 11.3 Å². The van der Waals surface area contributed by atoms with Crippen LogP contribution in [0.3, 0.4) is 0 Å². The molecule has 5 nitrogen and oxygen atoms in total. The Morgan fingerprint density at radius 2 is 2.06 bits per heavy atom. The van der Waals surface area contributed by atoms with Crippen molar-refractivity contribution in [2.75, 3.05) is 5.73 Å². The molecule has 17 heavy (non-hydrogen) atoms. The summed E-state index contributed by atoms with van der Waals surface area (Å²) in [5.74, 6) is -1.13. The third-order valence-electron chi connectivity index (χ3n) is 1.87. The van der Waals surface area contributed by atoms with Crippen LogP contribution in [0.4, 0.5) is 5.82 Å². The third kappa shape index (κ3) is 2.33. The Hall–Kier alpha value is -1.37. The van der Waals surface area contributed by atoms with Gasteiger partial charge in [0.05, 0.1) is 9.21 Å². The van der Waals surface area contributed by atoms with Gasteiger partial charge in [-0.15, -0.1) is 11.3 Å². The lowest BCUT2D eigenvalue weighted by atomic mass is 10.3. The fourth-order valence-corrected chi connectivity index (χ4v) is 2.29. The highest BCUT2D eigenvalue weighted by molar-refractivity contribution is 7.19. The van der Waals surface area contributed by atoms with Crippen molar-refractivity contribution in [1.29, 1.82) is 0 Å². The molecule has 0 saturated heterocycles. The van der Waals surface area contributed by atoms with Crippen molar-refractivity contribution in [3.05, 3.63) is 27.2 Å². The summed E-state index contributed by atoms with van der Waals surface area (Å²) in [5.41, 5.74) is 5.21. The largest absolute Gasteiger partial charge is 0.476 e. The maximum Gasteiger partial charge on any atom is 0.356 e. The van der Waals surface area contributed by atoms with Crippen molar-refractivity contribution in [2.45, 2.75) is 0 Å². The molecule has 0 saturated carbocycles. The first kappa shape index (κ1) is 12.1. The SMILES string of the molecule is Nc1nc(-c2ccc(Cl)s2)nc(C(=O)O)c1Cl. The van der Waals surface area contributed by atoms with Crippen LogP contribution in [-0.2, 0) is 0 Å². The van der Waals surface area contributed by atoms with E-state index in [1.807, 2.05) is 0 Å². The van der Waals surface area contributed by atoms with E-state index >= 15 is 0 Å². The number of halogens is 2. The third-order valence-corrected chi connectivity index (χ3v) is 3.47. The van der Waals surface area contributed by atoms with Crippen LogP contribution in [0.25, 0.3) is 10.7 Å². The second-order valence-electron chi connectivity index (χ2n) is 3.00. The molecule has 3 N–H and O–H groups in total. The summed E-state index contributed by atoms with van der Waals surface area (Å²) in [6.07, 6.45) is 0. The highest BCUT2D eigenvalue weighted by atomic mass is 35.5. The highest BCUT2D eigenvalue weighted by Gasteiger charge is 2.18. The Kier molecular flexibility index (Phi) is 3.19. The van der Waals surface area contributed by atoms with Crippen LogP contribution in [0.15, 0.2) is 12.1 Å². The van der Waals surface area contributed by atoms with Crippen LogP contribution >= 0.6 is 34.5 Å². The number of nitrogens with two attached hydrogens (primary N) is 1. The van der Waals surface area contributed by atoms with E-state index in [2.05, 4.69) is 9.97 Å². The summed E-state index contributed by atoms with van der Waals surface area (Å²) in [5, 5.41) is 8.75. The standard InChI is InChI=1S/C9H5Cl2N3O2S/c10-4-2-1-3(17-4)8-13-6(9(15)16)5(11)7(12)14-8/h1-2H,(H,15,16)(H2,12,13,14). The van der Waals surface area contributed by atoms with E-state index in [-0.39, 0.29) is 22.4 Å². The van der Waals surface area contributed by atoms with E-state index in [9.17, 15) is 4.79 Å². The Balaban J connectivity index is 2.60. The number of rotatable bonds is 2. The maximum atomic E-state index is 10.9. The van der Waals surface area contributed by atoms with Gasteiger partial charge < -0.3 is 10.8 Å². The Morgan fingerprint density at radius 1 is 1.35 bits per heavy atom. The molecule has 0 aliphatic heterocycles. The number of carboxylic acid groups (broad SMARTS) is 1. The number of aromatic carboxylic acids is 1. The number of nitrogens with zero attached hydrogens (tertiary/aromatic N) is 2. The first-order chi connectivity index (χ1) is 7.99. The minimum absolute atomic E-state index is 0.0708. The van der Waals surface area contributed by atoms with Gasteiger partial charge >= 0.3 is 5.97 Å². The Labute approximate surface area is 110 Å². The van der Waals surface area contributed by atoms with Crippen molar-refractivity contribution in [2.24, 2.45) is 0 Å². The molecule has 0 spiro atoms. The van der Waals surface area contributed by atoms with Gasteiger partial charge in [0.2, 0.25) is 0 Å². The second kappa shape index (κ2) is 4.48. The zero-order chi connectivity index (χ0) is 12.6. The molecular formula is C9H5Cl2N3O2S. The average Bonchev–Trinajstić information content (AvgIpc) is 2.68. The van der Waals surface area contributed by atoms with E-state index < -0.39 is 5.97 Å². The summed E-state index contributed by atoms with van der Waals surface area (Å²) in [4.78, 5) is 19.3. The lowest BCUT2D eigenvalue weighted by Crippen LogP contribution is -2.07. The highest BCUT2D eigenvalue weighted by Crippen LogP contribution is 2.31. The Morgan fingerprint density at radius 3 is 2.59 bits per heavy atom. The van der Waals surface area contributed by atoms with Crippen molar-refractivity contribution >= 4 is 46.3 Å². The molecule has 0 atom stereocenters. The second-order valence-corrected chi connectivity index (χ2v) is 5.10. The molecular weight excluding hydrogens is 285 g/mol. The van der Waals surface area contributed by atoms with Gasteiger partial charge in [-0.25, -0.2) is 14.8 Å². The summed E-state index contributed by atoms with van der Waals surface area (Å²) in [6.45, 7) is 0. The summed E-state index contributed by atoms with van der Waals surface area (Å²) >= 11 is 12.7. The molecule has 0 bridgehead atoms. The van der Waals surface area contributed by atoms with Crippen LogP contribution in [0.2, 0.25) is 9.36 Å². The summed E-state index contributed by atoms with van der Waals surface area (Å²) in [6, 6.07) is 3.34. The number of carbonyl (C=O) groups is 1. The van der Waals surface area contributed by atoms with Gasteiger partial charge in [-0.2, -0.15) is 0 Å². The van der Waals surface area contributed by atoms with Crippen molar-refractivity contribution < 1.29 is 9.90 Å². The topological polar surface area (TPSA) is 89.1 Å². The predicted molar refractivity (Wildman–Crippen MR) is 66.7 cm³/mol. The molecule has 88 valence electrons. The number of aromatic nitrogens is 2. The molecule has 8 heteroatoms. The van der Waals surface area contributed by atoms with Crippen molar-refractivity contribution in [3.8, 4) is 10.7 Å². The minimum Gasteiger partial charge on any atom is -0.476 e. The zero-order valence-corrected chi connectivity index (χ0v) is 10.5. The predicted octanol–water partition coefficient (Wildman–Crippen LogP) is 2.79. The number of hydrogen-bond acceptors (Lipinski definition) is 5. The number of thiophene rings is 1. The first-order valence-electron chi connectivity index (χ1n) is 4.31. The van der Waals surface area contributed by atoms with E-state index in [1.54, 1.807) is 12.1 Å². The Bertz CT molecular complexity index is 600.